The first-order valence-corrected chi connectivity index (χ1v) is 10.00. The number of benzene rings is 3. The highest BCUT2D eigenvalue weighted by atomic mass is 16.5. The predicted molar refractivity (Wildman–Crippen MR) is 118 cm³/mol. The minimum Gasteiger partial charge on any atom is -0.497 e. The highest BCUT2D eigenvalue weighted by Gasteiger charge is 2.46. The third kappa shape index (κ3) is 2.75. The predicted octanol–water partition coefficient (Wildman–Crippen LogP) is 5.95. The molecule has 5 rings (SSSR count). The number of nitrogens with zero attached hydrogens (tertiary/aromatic N) is 1. The monoisotopic (exact) mass is 378 g/mol. The molecule has 3 aromatic carbocycles. The molecule has 0 amide bonds. The van der Waals surface area contributed by atoms with Crippen LogP contribution >= 0.6 is 0 Å². The molecule has 0 saturated carbocycles. The van der Waals surface area contributed by atoms with E-state index >= 15 is 0 Å². The molecule has 0 N–H and O–H groups in total. The number of fused-ring (bicyclic) bond motifs is 3. The Bertz CT molecular complexity index is 1190. The summed E-state index contributed by atoms with van der Waals surface area (Å²) in [5.74, 6) is 0.898. The smallest absolute Gasteiger partial charge is 0.219 e. The van der Waals surface area contributed by atoms with Crippen molar-refractivity contribution < 1.29 is 9.30 Å². The van der Waals surface area contributed by atoms with Gasteiger partial charge in [-0.05, 0) is 49.2 Å². The third-order valence-electron chi connectivity index (χ3n) is 6.00. The Kier molecular flexibility index (Phi) is 4.02. The van der Waals surface area contributed by atoms with Gasteiger partial charge in [0.05, 0.1) is 12.5 Å². The van der Waals surface area contributed by atoms with Gasteiger partial charge in [0, 0.05) is 29.3 Å². The zero-order valence-corrected chi connectivity index (χ0v) is 17.0. The van der Waals surface area contributed by atoms with Crippen molar-refractivity contribution in [2.45, 2.75) is 19.3 Å². The Morgan fingerprint density at radius 2 is 1.34 bits per heavy atom. The van der Waals surface area contributed by atoms with E-state index in [-0.39, 0.29) is 5.41 Å². The van der Waals surface area contributed by atoms with E-state index in [1.807, 2.05) is 0 Å². The molecule has 0 atom stereocenters. The molecule has 0 aliphatic carbocycles. The molecule has 0 radical (unpaired) electrons. The van der Waals surface area contributed by atoms with Crippen molar-refractivity contribution in [1.82, 2.24) is 0 Å². The average molecular weight is 378 g/mol. The molecule has 0 spiro atoms. The standard InChI is InChI=1S/C27H24NO/c1-27(2)23-18-22(29-3)14-15-24(23)28-25(20-12-8-5-9-13-20)16-21(17-26(27)28)19-10-6-4-7-11-19/h4-18H,1-3H3/q+1. The Balaban J connectivity index is 1.85. The topological polar surface area (TPSA) is 13.1 Å². The summed E-state index contributed by atoms with van der Waals surface area (Å²) < 4.78 is 7.94. The summed E-state index contributed by atoms with van der Waals surface area (Å²) >= 11 is 0. The quantitative estimate of drug-likeness (QED) is 0.402. The molecule has 2 heteroatoms. The van der Waals surface area contributed by atoms with E-state index in [9.17, 15) is 0 Å². The maximum Gasteiger partial charge on any atom is 0.219 e. The molecule has 2 nitrogen and oxygen atoms in total. The van der Waals surface area contributed by atoms with Gasteiger partial charge in [0.25, 0.3) is 0 Å². The van der Waals surface area contributed by atoms with Crippen molar-refractivity contribution in [2.24, 2.45) is 0 Å². The number of hydrogen-bond acceptors (Lipinski definition) is 1. The summed E-state index contributed by atoms with van der Waals surface area (Å²) in [5, 5.41) is 0. The molecule has 2 heterocycles. The fourth-order valence-electron chi connectivity index (χ4n) is 4.41. The van der Waals surface area contributed by atoms with Crippen LogP contribution < -0.4 is 9.30 Å². The molecule has 0 unspecified atom stereocenters. The number of ether oxygens (including phenoxy) is 1. The van der Waals surface area contributed by atoms with Crippen LogP contribution in [0.3, 0.4) is 0 Å². The Hall–Kier alpha value is -3.39. The van der Waals surface area contributed by atoms with E-state index in [0.717, 1.165) is 5.75 Å². The molecule has 142 valence electrons. The summed E-state index contributed by atoms with van der Waals surface area (Å²) in [4.78, 5) is 0. The molecule has 0 saturated heterocycles. The first-order chi connectivity index (χ1) is 14.1. The van der Waals surface area contributed by atoms with Gasteiger partial charge < -0.3 is 4.74 Å². The second-order valence-electron chi connectivity index (χ2n) is 8.09. The Morgan fingerprint density at radius 3 is 2.00 bits per heavy atom. The van der Waals surface area contributed by atoms with Crippen molar-refractivity contribution in [2.75, 3.05) is 7.11 Å². The van der Waals surface area contributed by atoms with Gasteiger partial charge >= 0.3 is 0 Å². The van der Waals surface area contributed by atoms with E-state index in [0.29, 0.717) is 0 Å². The fourth-order valence-corrected chi connectivity index (χ4v) is 4.41. The van der Waals surface area contributed by atoms with Crippen LogP contribution in [-0.2, 0) is 5.41 Å². The van der Waals surface area contributed by atoms with Gasteiger partial charge in [0.2, 0.25) is 11.4 Å². The lowest BCUT2D eigenvalue weighted by atomic mass is 9.82. The van der Waals surface area contributed by atoms with E-state index in [2.05, 4.69) is 109 Å². The number of pyridine rings is 1. The van der Waals surface area contributed by atoms with Gasteiger partial charge in [-0.25, -0.2) is 0 Å². The molecule has 1 aliphatic rings. The maximum absolute atomic E-state index is 5.53. The molecule has 29 heavy (non-hydrogen) atoms. The first-order valence-electron chi connectivity index (χ1n) is 10.00. The average Bonchev–Trinajstić information content (AvgIpc) is 3.01. The molecular formula is C27H24NO+. The maximum atomic E-state index is 5.53. The van der Waals surface area contributed by atoms with Crippen LogP contribution in [0.25, 0.3) is 28.1 Å². The number of aromatic nitrogens is 1. The summed E-state index contributed by atoms with van der Waals surface area (Å²) in [6.07, 6.45) is 0. The van der Waals surface area contributed by atoms with Gasteiger partial charge in [-0.3, -0.25) is 0 Å². The van der Waals surface area contributed by atoms with E-state index in [1.165, 1.54) is 39.3 Å². The zero-order valence-electron chi connectivity index (χ0n) is 17.0. The number of rotatable bonds is 3. The van der Waals surface area contributed by atoms with Crippen LogP contribution in [0.2, 0.25) is 0 Å². The van der Waals surface area contributed by atoms with E-state index < -0.39 is 0 Å². The molecule has 1 aromatic heterocycles. The molecule has 0 fully saturated rings. The van der Waals surface area contributed by atoms with Gasteiger partial charge in [-0.1, -0.05) is 48.5 Å². The highest BCUT2D eigenvalue weighted by molar-refractivity contribution is 5.71. The van der Waals surface area contributed by atoms with Crippen molar-refractivity contribution >= 4 is 0 Å². The highest BCUT2D eigenvalue weighted by Crippen LogP contribution is 2.42. The van der Waals surface area contributed by atoms with E-state index in [4.69, 9.17) is 4.74 Å². The van der Waals surface area contributed by atoms with Gasteiger partial charge in [-0.2, -0.15) is 4.57 Å². The van der Waals surface area contributed by atoms with Crippen LogP contribution in [0.15, 0.2) is 91.0 Å². The van der Waals surface area contributed by atoms with Crippen molar-refractivity contribution in [3.63, 3.8) is 0 Å². The summed E-state index contributed by atoms with van der Waals surface area (Å²) in [6.45, 7) is 4.60. The van der Waals surface area contributed by atoms with Crippen LogP contribution in [0.4, 0.5) is 0 Å². The molecule has 1 aliphatic heterocycles. The van der Waals surface area contributed by atoms with Gasteiger partial charge in [-0.15, -0.1) is 0 Å². The molecular weight excluding hydrogens is 354 g/mol. The lowest BCUT2D eigenvalue weighted by Crippen LogP contribution is -2.37. The fraction of sp³-hybridized carbons (Fsp3) is 0.148. The van der Waals surface area contributed by atoms with Crippen LogP contribution in [0.1, 0.15) is 25.1 Å². The largest absolute Gasteiger partial charge is 0.497 e. The summed E-state index contributed by atoms with van der Waals surface area (Å²) in [5.41, 5.74) is 8.58. The van der Waals surface area contributed by atoms with E-state index in [1.54, 1.807) is 7.11 Å². The summed E-state index contributed by atoms with van der Waals surface area (Å²) in [6, 6.07) is 32.3. The van der Waals surface area contributed by atoms with Gasteiger partial charge in [0.1, 0.15) is 5.75 Å². The van der Waals surface area contributed by atoms with Crippen molar-refractivity contribution in [3.05, 3.63) is 102 Å². The van der Waals surface area contributed by atoms with Crippen LogP contribution in [0.5, 0.6) is 5.75 Å². The Morgan fingerprint density at radius 1 is 0.690 bits per heavy atom. The van der Waals surface area contributed by atoms with Crippen LogP contribution in [-0.4, -0.2) is 7.11 Å². The first kappa shape index (κ1) is 17.7. The van der Waals surface area contributed by atoms with Gasteiger partial charge in [0.15, 0.2) is 5.69 Å². The lowest BCUT2D eigenvalue weighted by Gasteiger charge is -2.16. The molecule has 0 bridgehead atoms. The second kappa shape index (κ2) is 6.59. The Labute approximate surface area is 172 Å². The summed E-state index contributed by atoms with van der Waals surface area (Å²) in [7, 11) is 1.73. The lowest BCUT2D eigenvalue weighted by molar-refractivity contribution is -0.588. The molecule has 4 aromatic rings. The van der Waals surface area contributed by atoms with Crippen molar-refractivity contribution in [3.8, 4) is 33.8 Å². The number of hydrogen-bond donors (Lipinski definition) is 0. The van der Waals surface area contributed by atoms with Crippen molar-refractivity contribution in [1.29, 1.82) is 0 Å². The SMILES string of the molecule is COc1ccc2c(c1)C(C)(C)c1cc(-c3ccccc3)cc(-c3ccccc3)[n+]1-2. The second-order valence-corrected chi connectivity index (χ2v) is 8.09. The normalized spacial score (nSPS) is 13.6. The minimum atomic E-state index is -0.127. The zero-order chi connectivity index (χ0) is 20.0. The number of methoxy groups -OCH3 is 1. The third-order valence-corrected chi connectivity index (χ3v) is 6.00. The van der Waals surface area contributed by atoms with Crippen LogP contribution in [0, 0.1) is 0 Å². The minimum absolute atomic E-state index is 0.127.